The molecule has 2 unspecified atom stereocenters. The second-order valence-corrected chi connectivity index (χ2v) is 6.93. The lowest BCUT2D eigenvalue weighted by atomic mass is 10.00. The lowest BCUT2D eigenvalue weighted by molar-refractivity contribution is -0.126. The number of carbonyl (C=O) groups is 2. The number of primary amides is 1. The molecule has 1 fully saturated rings. The zero-order chi connectivity index (χ0) is 17.1. The van der Waals surface area contributed by atoms with Gasteiger partial charge in [-0.05, 0) is 59.5 Å². The molecule has 2 amide bonds. The molecule has 124 valence electrons. The summed E-state index contributed by atoms with van der Waals surface area (Å²) in [4.78, 5) is 25.5. The van der Waals surface area contributed by atoms with E-state index in [0.29, 0.717) is 11.5 Å². The van der Waals surface area contributed by atoms with Gasteiger partial charge in [0.25, 0.3) is 0 Å². The van der Waals surface area contributed by atoms with Crippen LogP contribution in [-0.4, -0.2) is 29.3 Å². The van der Waals surface area contributed by atoms with Gasteiger partial charge in [0.1, 0.15) is 0 Å². The van der Waals surface area contributed by atoms with Crippen molar-refractivity contribution in [3.05, 3.63) is 63.9 Å². The molecule has 0 bridgehead atoms. The van der Waals surface area contributed by atoms with E-state index in [1.165, 1.54) is 5.56 Å². The largest absolute Gasteiger partial charge is 0.366 e. The third-order valence-corrected chi connectivity index (χ3v) is 5.19. The average molecular weight is 340 g/mol. The first-order chi connectivity index (χ1) is 11.5. The van der Waals surface area contributed by atoms with Crippen LogP contribution in [0.1, 0.15) is 40.7 Å². The van der Waals surface area contributed by atoms with Gasteiger partial charge in [0.15, 0.2) is 0 Å². The molecule has 0 spiro atoms. The van der Waals surface area contributed by atoms with Gasteiger partial charge < -0.3 is 10.6 Å². The van der Waals surface area contributed by atoms with Gasteiger partial charge in [0, 0.05) is 30.1 Å². The van der Waals surface area contributed by atoms with Crippen molar-refractivity contribution in [1.82, 2.24) is 4.90 Å². The number of rotatable bonds is 4. The van der Waals surface area contributed by atoms with Crippen LogP contribution in [-0.2, 0) is 4.79 Å². The first-order valence-corrected chi connectivity index (χ1v) is 8.89. The number of benzene rings is 1. The molecule has 0 radical (unpaired) electrons. The SMILES string of the molecule is CC1CC(c2ccsc2)CN1C(=O)C=Cc1ccc(C(N)=O)cc1. The van der Waals surface area contributed by atoms with Crippen LogP contribution in [0.4, 0.5) is 0 Å². The molecule has 0 saturated carbocycles. The lowest BCUT2D eigenvalue weighted by Crippen LogP contribution is -2.32. The average Bonchev–Trinajstić information content (AvgIpc) is 3.22. The number of nitrogens with zero attached hydrogens (tertiary/aromatic N) is 1. The summed E-state index contributed by atoms with van der Waals surface area (Å²) in [6, 6.07) is 9.28. The van der Waals surface area contributed by atoms with Crippen molar-refractivity contribution in [2.45, 2.75) is 25.3 Å². The quantitative estimate of drug-likeness (QED) is 0.868. The van der Waals surface area contributed by atoms with Crippen LogP contribution in [0.2, 0.25) is 0 Å². The Kier molecular flexibility index (Phi) is 4.81. The fraction of sp³-hybridized carbons (Fsp3) is 0.263. The van der Waals surface area contributed by atoms with Crippen molar-refractivity contribution < 1.29 is 9.59 Å². The van der Waals surface area contributed by atoms with E-state index in [2.05, 4.69) is 23.8 Å². The molecule has 2 aromatic rings. The highest BCUT2D eigenvalue weighted by Crippen LogP contribution is 2.32. The van der Waals surface area contributed by atoms with Gasteiger partial charge in [-0.15, -0.1) is 0 Å². The number of hydrogen-bond donors (Lipinski definition) is 1. The van der Waals surface area contributed by atoms with Crippen LogP contribution in [0.25, 0.3) is 6.08 Å². The van der Waals surface area contributed by atoms with E-state index in [4.69, 9.17) is 5.73 Å². The highest BCUT2D eigenvalue weighted by molar-refractivity contribution is 7.08. The topological polar surface area (TPSA) is 63.4 Å². The molecule has 2 heterocycles. The maximum atomic E-state index is 12.5. The van der Waals surface area contributed by atoms with Gasteiger partial charge in [-0.1, -0.05) is 12.1 Å². The van der Waals surface area contributed by atoms with Crippen molar-refractivity contribution >= 4 is 29.2 Å². The smallest absolute Gasteiger partial charge is 0.248 e. The Morgan fingerprint density at radius 1 is 1.25 bits per heavy atom. The molecule has 5 heteroatoms. The molecule has 0 aliphatic carbocycles. The van der Waals surface area contributed by atoms with Crippen molar-refractivity contribution in [3.63, 3.8) is 0 Å². The lowest BCUT2D eigenvalue weighted by Gasteiger charge is -2.19. The van der Waals surface area contributed by atoms with Gasteiger partial charge in [0.2, 0.25) is 11.8 Å². The Bertz CT molecular complexity index is 750. The van der Waals surface area contributed by atoms with Gasteiger partial charge >= 0.3 is 0 Å². The van der Waals surface area contributed by atoms with Gasteiger partial charge in [0.05, 0.1) is 0 Å². The molecule has 2 atom stereocenters. The fourth-order valence-electron chi connectivity index (χ4n) is 3.11. The molecule has 2 N–H and O–H groups in total. The Morgan fingerprint density at radius 2 is 2.00 bits per heavy atom. The van der Waals surface area contributed by atoms with Crippen molar-refractivity contribution in [1.29, 1.82) is 0 Å². The number of carbonyl (C=O) groups excluding carboxylic acids is 2. The minimum atomic E-state index is -0.452. The summed E-state index contributed by atoms with van der Waals surface area (Å²) in [6.07, 6.45) is 4.38. The van der Waals surface area contributed by atoms with E-state index in [1.807, 2.05) is 4.90 Å². The summed E-state index contributed by atoms with van der Waals surface area (Å²) in [5, 5.41) is 4.25. The normalized spacial score (nSPS) is 20.6. The number of thiophene rings is 1. The van der Waals surface area contributed by atoms with Gasteiger partial charge in [-0.25, -0.2) is 0 Å². The standard InChI is InChI=1S/C19H20N2O2S/c1-13-10-17(16-8-9-24-12-16)11-21(13)18(22)7-4-14-2-5-15(6-3-14)19(20)23/h2-9,12-13,17H,10-11H2,1H3,(H2,20,23). The minimum Gasteiger partial charge on any atom is -0.366 e. The highest BCUT2D eigenvalue weighted by atomic mass is 32.1. The Morgan fingerprint density at radius 3 is 2.62 bits per heavy atom. The van der Waals surface area contributed by atoms with E-state index in [0.717, 1.165) is 18.5 Å². The Hall–Kier alpha value is -2.40. The predicted octanol–water partition coefficient (Wildman–Crippen LogP) is 3.26. The minimum absolute atomic E-state index is 0.0270. The number of nitrogens with two attached hydrogens (primary N) is 1. The summed E-state index contributed by atoms with van der Waals surface area (Å²) in [6.45, 7) is 2.86. The van der Waals surface area contributed by atoms with Crippen LogP contribution >= 0.6 is 11.3 Å². The van der Waals surface area contributed by atoms with Crippen LogP contribution < -0.4 is 5.73 Å². The Labute approximate surface area is 145 Å². The number of amides is 2. The van der Waals surface area contributed by atoms with Crippen LogP contribution in [0.5, 0.6) is 0 Å². The summed E-state index contributed by atoms with van der Waals surface area (Å²) >= 11 is 1.70. The Balaban J connectivity index is 1.65. The molecule has 3 rings (SSSR count). The molecule has 1 aliphatic heterocycles. The van der Waals surface area contributed by atoms with Crippen molar-refractivity contribution in [2.24, 2.45) is 5.73 Å². The zero-order valence-corrected chi connectivity index (χ0v) is 14.3. The molecule has 4 nitrogen and oxygen atoms in total. The molecule has 1 aliphatic rings. The van der Waals surface area contributed by atoms with E-state index in [1.54, 1.807) is 47.8 Å². The number of likely N-dealkylation sites (tertiary alicyclic amines) is 1. The molecule has 1 aromatic heterocycles. The second-order valence-electron chi connectivity index (χ2n) is 6.15. The first-order valence-electron chi connectivity index (χ1n) is 7.95. The van der Waals surface area contributed by atoms with E-state index < -0.39 is 5.91 Å². The molecule has 24 heavy (non-hydrogen) atoms. The third kappa shape index (κ3) is 3.57. The summed E-state index contributed by atoms with van der Waals surface area (Å²) in [5.41, 5.74) is 7.88. The van der Waals surface area contributed by atoms with Gasteiger partial charge in [-0.2, -0.15) is 11.3 Å². The molecular weight excluding hydrogens is 320 g/mol. The maximum absolute atomic E-state index is 12.5. The van der Waals surface area contributed by atoms with Crippen LogP contribution in [0.3, 0.4) is 0 Å². The number of hydrogen-bond acceptors (Lipinski definition) is 3. The summed E-state index contributed by atoms with van der Waals surface area (Å²) in [5.74, 6) is 0.00428. The van der Waals surface area contributed by atoms with Crippen LogP contribution in [0.15, 0.2) is 47.2 Å². The molecule has 1 aromatic carbocycles. The van der Waals surface area contributed by atoms with E-state index >= 15 is 0 Å². The zero-order valence-electron chi connectivity index (χ0n) is 13.5. The summed E-state index contributed by atoms with van der Waals surface area (Å²) in [7, 11) is 0. The van der Waals surface area contributed by atoms with Crippen molar-refractivity contribution in [2.75, 3.05) is 6.54 Å². The molecular formula is C19H20N2O2S. The van der Waals surface area contributed by atoms with Crippen LogP contribution in [0, 0.1) is 0 Å². The maximum Gasteiger partial charge on any atom is 0.248 e. The monoisotopic (exact) mass is 340 g/mol. The van der Waals surface area contributed by atoms with Crippen molar-refractivity contribution in [3.8, 4) is 0 Å². The van der Waals surface area contributed by atoms with Gasteiger partial charge in [-0.3, -0.25) is 9.59 Å². The third-order valence-electron chi connectivity index (χ3n) is 4.49. The fourth-order valence-corrected chi connectivity index (χ4v) is 3.85. The summed E-state index contributed by atoms with van der Waals surface area (Å²) < 4.78 is 0. The van der Waals surface area contributed by atoms with E-state index in [-0.39, 0.29) is 11.9 Å². The highest BCUT2D eigenvalue weighted by Gasteiger charge is 2.32. The predicted molar refractivity (Wildman–Crippen MR) is 96.8 cm³/mol. The first kappa shape index (κ1) is 16.5. The molecule has 1 saturated heterocycles. The van der Waals surface area contributed by atoms with E-state index in [9.17, 15) is 9.59 Å². The second kappa shape index (κ2) is 7.01.